The van der Waals surface area contributed by atoms with E-state index in [1.54, 1.807) is 6.20 Å². The van der Waals surface area contributed by atoms with Gasteiger partial charge in [-0.25, -0.2) is 4.68 Å². The van der Waals surface area contributed by atoms with Crippen molar-refractivity contribution in [3.63, 3.8) is 0 Å². The van der Waals surface area contributed by atoms with Gasteiger partial charge < -0.3 is 4.98 Å². The van der Waals surface area contributed by atoms with Gasteiger partial charge in [0.1, 0.15) is 0 Å². The monoisotopic (exact) mass is 471 g/mol. The number of benzene rings is 1. The maximum atomic E-state index is 13.2. The lowest BCUT2D eigenvalue weighted by atomic mass is 10.0. The molecule has 0 aliphatic heterocycles. The predicted molar refractivity (Wildman–Crippen MR) is 136 cm³/mol. The molecular weight excluding hydrogens is 438 g/mol. The molecule has 1 atom stereocenters. The first kappa shape index (κ1) is 23.4. The van der Waals surface area contributed by atoms with E-state index in [0.29, 0.717) is 19.1 Å². The molecule has 5 rings (SSSR count). The quantitative estimate of drug-likeness (QED) is 0.397. The molecule has 1 saturated carbocycles. The van der Waals surface area contributed by atoms with Gasteiger partial charge in [-0.15, -0.1) is 5.10 Å². The second-order valence-corrected chi connectivity index (χ2v) is 9.76. The Morgan fingerprint density at radius 2 is 1.94 bits per heavy atom. The number of nitrogens with one attached hydrogen (secondary N) is 1. The van der Waals surface area contributed by atoms with Gasteiger partial charge in [0.15, 0.2) is 5.82 Å². The highest BCUT2D eigenvalue weighted by Gasteiger charge is 2.29. The van der Waals surface area contributed by atoms with Crippen molar-refractivity contribution in [2.75, 3.05) is 0 Å². The second-order valence-electron chi connectivity index (χ2n) is 9.76. The van der Waals surface area contributed by atoms with Crippen LogP contribution in [-0.4, -0.2) is 35.1 Å². The maximum Gasteiger partial charge on any atom is 0.252 e. The number of fused-ring (bicyclic) bond motifs is 1. The van der Waals surface area contributed by atoms with Crippen LogP contribution in [0.1, 0.15) is 79.2 Å². The maximum absolute atomic E-state index is 13.2. The Kier molecular flexibility index (Phi) is 6.72. The van der Waals surface area contributed by atoms with Crippen LogP contribution in [0.5, 0.6) is 0 Å². The molecule has 3 heterocycles. The van der Waals surface area contributed by atoms with Crippen molar-refractivity contribution >= 4 is 10.9 Å². The molecule has 0 unspecified atom stereocenters. The van der Waals surface area contributed by atoms with Crippen LogP contribution in [0, 0.1) is 13.8 Å². The van der Waals surface area contributed by atoms with Crippen molar-refractivity contribution in [3.05, 3.63) is 81.2 Å². The second kappa shape index (κ2) is 10.1. The highest BCUT2D eigenvalue weighted by Crippen LogP contribution is 2.33. The highest BCUT2D eigenvalue weighted by molar-refractivity contribution is 5.80. The molecule has 0 spiro atoms. The van der Waals surface area contributed by atoms with Crippen LogP contribution < -0.4 is 5.56 Å². The number of aromatic amines is 1. The number of hydrogen-bond acceptors (Lipinski definition) is 6. The Bertz CT molecular complexity index is 1360. The Labute approximate surface area is 205 Å². The van der Waals surface area contributed by atoms with E-state index in [1.165, 1.54) is 24.0 Å². The zero-order valence-corrected chi connectivity index (χ0v) is 20.7. The molecule has 182 valence electrons. The summed E-state index contributed by atoms with van der Waals surface area (Å²) in [6, 6.07) is 10.6. The summed E-state index contributed by atoms with van der Waals surface area (Å²) in [7, 11) is 0. The van der Waals surface area contributed by atoms with Crippen LogP contribution in [0.4, 0.5) is 0 Å². The zero-order chi connectivity index (χ0) is 24.4. The normalized spacial score (nSPS) is 15.3. The molecule has 0 saturated heterocycles. The number of nitrogens with zero attached hydrogens (tertiary/aromatic N) is 6. The molecule has 35 heavy (non-hydrogen) atoms. The molecule has 8 nitrogen and oxygen atoms in total. The third-order valence-electron chi connectivity index (χ3n) is 7.33. The molecule has 1 fully saturated rings. The SMILES string of the molecule is CC[C@@H](c1nnnn1C1CCCC1)N(Cc1cccnc1)Cc1cc2cc(C)c(C)cc2[nH]c1=O. The molecule has 1 aromatic carbocycles. The summed E-state index contributed by atoms with van der Waals surface area (Å²) in [4.78, 5) is 22.9. The van der Waals surface area contributed by atoms with Crippen LogP contribution in [-0.2, 0) is 13.1 Å². The van der Waals surface area contributed by atoms with Gasteiger partial charge in [-0.2, -0.15) is 0 Å². The minimum absolute atomic E-state index is 0.0272. The first-order chi connectivity index (χ1) is 17.0. The van der Waals surface area contributed by atoms with Crippen LogP contribution in [0.25, 0.3) is 10.9 Å². The summed E-state index contributed by atoms with van der Waals surface area (Å²) in [5.74, 6) is 0.881. The molecule has 0 radical (unpaired) electrons. The van der Waals surface area contributed by atoms with Crippen molar-refractivity contribution in [2.24, 2.45) is 0 Å². The van der Waals surface area contributed by atoms with Crippen LogP contribution in [0.2, 0.25) is 0 Å². The van der Waals surface area contributed by atoms with Gasteiger partial charge in [0.05, 0.1) is 12.1 Å². The number of aryl methyl sites for hydroxylation is 2. The van der Waals surface area contributed by atoms with Gasteiger partial charge in [0.2, 0.25) is 0 Å². The summed E-state index contributed by atoms with van der Waals surface area (Å²) >= 11 is 0. The van der Waals surface area contributed by atoms with Crippen LogP contribution >= 0.6 is 0 Å². The standard InChI is InChI=1S/C27H33N7O/c1-4-25(26-30-31-32-34(26)23-9-5-6-10-23)33(16-20-8-7-11-28-15-20)17-22-14-21-12-18(2)19(3)13-24(21)29-27(22)35/h7-8,11-15,23,25H,4-6,9-10,16-17H2,1-3H3,(H,29,35)/t25-/m0/s1. The lowest BCUT2D eigenvalue weighted by molar-refractivity contribution is 0.158. The molecule has 3 aromatic heterocycles. The summed E-state index contributed by atoms with van der Waals surface area (Å²) in [6.07, 6.45) is 9.15. The largest absolute Gasteiger partial charge is 0.322 e. The van der Waals surface area contributed by atoms with Gasteiger partial charge >= 0.3 is 0 Å². The molecule has 1 N–H and O–H groups in total. The van der Waals surface area contributed by atoms with Gasteiger partial charge in [-0.1, -0.05) is 25.8 Å². The first-order valence-corrected chi connectivity index (χ1v) is 12.6. The van der Waals surface area contributed by atoms with E-state index in [2.05, 4.69) is 63.3 Å². The van der Waals surface area contributed by atoms with Crippen LogP contribution in [0.15, 0.2) is 47.5 Å². The molecule has 4 aromatic rings. The number of tetrazole rings is 1. The smallest absolute Gasteiger partial charge is 0.252 e. The van der Waals surface area contributed by atoms with E-state index in [1.807, 2.05) is 29.1 Å². The number of aromatic nitrogens is 6. The van der Waals surface area contributed by atoms with Crippen molar-refractivity contribution in [1.29, 1.82) is 0 Å². The molecule has 8 heteroatoms. The topological polar surface area (TPSA) is 92.6 Å². The Hall–Kier alpha value is -3.39. The summed E-state index contributed by atoms with van der Waals surface area (Å²) in [6.45, 7) is 7.46. The van der Waals surface area contributed by atoms with Crippen LogP contribution in [0.3, 0.4) is 0 Å². The fraction of sp³-hybridized carbons (Fsp3) is 0.444. The van der Waals surface area contributed by atoms with Gasteiger partial charge in [0, 0.05) is 36.6 Å². The Morgan fingerprint density at radius 1 is 1.14 bits per heavy atom. The Morgan fingerprint density at radius 3 is 2.69 bits per heavy atom. The van der Waals surface area contributed by atoms with E-state index in [9.17, 15) is 4.79 Å². The molecule has 1 aliphatic rings. The van der Waals surface area contributed by atoms with Gasteiger partial charge in [-0.05, 0) is 89.9 Å². The van der Waals surface area contributed by atoms with E-state index in [0.717, 1.165) is 47.1 Å². The third-order valence-corrected chi connectivity index (χ3v) is 7.33. The first-order valence-electron chi connectivity index (χ1n) is 12.6. The van der Waals surface area contributed by atoms with Gasteiger partial charge in [-0.3, -0.25) is 14.7 Å². The number of hydrogen-bond donors (Lipinski definition) is 1. The minimum atomic E-state index is -0.0535. The number of pyridine rings is 2. The number of H-pyrrole nitrogens is 1. The average Bonchev–Trinajstić information content (AvgIpc) is 3.54. The highest BCUT2D eigenvalue weighted by atomic mass is 16.1. The van der Waals surface area contributed by atoms with Crippen molar-refractivity contribution < 1.29 is 0 Å². The number of rotatable bonds is 8. The van der Waals surface area contributed by atoms with Crippen molar-refractivity contribution in [1.82, 2.24) is 35.1 Å². The third kappa shape index (κ3) is 4.89. The van der Waals surface area contributed by atoms with E-state index in [-0.39, 0.29) is 11.6 Å². The predicted octanol–water partition coefficient (Wildman–Crippen LogP) is 4.80. The summed E-state index contributed by atoms with van der Waals surface area (Å²) in [5, 5.41) is 14.0. The van der Waals surface area contributed by atoms with E-state index in [4.69, 9.17) is 0 Å². The summed E-state index contributed by atoms with van der Waals surface area (Å²) in [5.41, 5.74) is 5.03. The minimum Gasteiger partial charge on any atom is -0.322 e. The fourth-order valence-electron chi connectivity index (χ4n) is 5.29. The molecule has 0 bridgehead atoms. The summed E-state index contributed by atoms with van der Waals surface area (Å²) < 4.78 is 2.04. The average molecular weight is 472 g/mol. The molecule has 0 amide bonds. The lowest BCUT2D eigenvalue weighted by Gasteiger charge is -2.31. The van der Waals surface area contributed by atoms with E-state index < -0.39 is 0 Å². The zero-order valence-electron chi connectivity index (χ0n) is 20.7. The van der Waals surface area contributed by atoms with Crippen molar-refractivity contribution in [3.8, 4) is 0 Å². The van der Waals surface area contributed by atoms with E-state index >= 15 is 0 Å². The molecular formula is C27H33N7O. The molecule has 1 aliphatic carbocycles. The van der Waals surface area contributed by atoms with Gasteiger partial charge in [0.25, 0.3) is 5.56 Å². The van der Waals surface area contributed by atoms with Crippen molar-refractivity contribution in [2.45, 2.75) is 78.0 Å². The lowest BCUT2D eigenvalue weighted by Crippen LogP contribution is -2.32. The fourth-order valence-corrected chi connectivity index (χ4v) is 5.29. The Balaban J connectivity index is 1.54.